The monoisotopic (exact) mass is 456 g/mol. The van der Waals surface area contributed by atoms with Gasteiger partial charge in [0, 0.05) is 56.4 Å². The molecule has 1 unspecified atom stereocenters. The quantitative estimate of drug-likeness (QED) is 0.374. The number of imidazole rings is 1. The molecule has 2 aromatic carbocycles. The first kappa shape index (κ1) is 22.3. The molecule has 176 valence electrons. The zero-order chi connectivity index (χ0) is 23.3. The van der Waals surface area contributed by atoms with Gasteiger partial charge in [-0.15, -0.1) is 0 Å². The van der Waals surface area contributed by atoms with Gasteiger partial charge in [0.2, 0.25) is 0 Å². The van der Waals surface area contributed by atoms with Crippen molar-refractivity contribution < 1.29 is 9.47 Å². The van der Waals surface area contributed by atoms with Crippen molar-refractivity contribution in [3.63, 3.8) is 0 Å². The van der Waals surface area contributed by atoms with E-state index in [2.05, 4.69) is 64.2 Å². The van der Waals surface area contributed by atoms with Gasteiger partial charge in [-0.2, -0.15) is 0 Å². The molecule has 1 aliphatic heterocycles. The molecule has 1 aliphatic rings. The van der Waals surface area contributed by atoms with Gasteiger partial charge in [-0.1, -0.05) is 24.3 Å². The van der Waals surface area contributed by atoms with E-state index in [4.69, 9.17) is 9.47 Å². The van der Waals surface area contributed by atoms with Crippen LogP contribution in [0.1, 0.15) is 13.3 Å². The fourth-order valence-corrected chi connectivity index (χ4v) is 4.73. The number of ether oxygens (including phenoxy) is 2. The summed E-state index contributed by atoms with van der Waals surface area (Å²) in [5.41, 5.74) is 4.43. The van der Waals surface area contributed by atoms with Crippen molar-refractivity contribution in [3.05, 3.63) is 79.3 Å². The van der Waals surface area contributed by atoms with Gasteiger partial charge in [0.1, 0.15) is 17.1 Å². The molecule has 4 aromatic rings. The van der Waals surface area contributed by atoms with E-state index in [-0.39, 0.29) is 0 Å². The molecule has 1 fully saturated rings. The van der Waals surface area contributed by atoms with E-state index in [0.29, 0.717) is 12.6 Å². The summed E-state index contributed by atoms with van der Waals surface area (Å²) in [6, 6.07) is 21.2. The van der Waals surface area contributed by atoms with Gasteiger partial charge < -0.3 is 18.8 Å². The van der Waals surface area contributed by atoms with Crippen molar-refractivity contribution in [1.29, 1.82) is 0 Å². The van der Waals surface area contributed by atoms with E-state index in [0.717, 1.165) is 60.9 Å². The Kier molecular flexibility index (Phi) is 6.67. The van der Waals surface area contributed by atoms with Gasteiger partial charge in [-0.25, -0.2) is 4.98 Å². The number of fused-ring (bicyclic) bond motifs is 1. The number of piperazine rings is 1. The van der Waals surface area contributed by atoms with E-state index >= 15 is 0 Å². The van der Waals surface area contributed by atoms with Crippen LogP contribution in [0.2, 0.25) is 0 Å². The summed E-state index contributed by atoms with van der Waals surface area (Å²) in [6.07, 6.45) is 6.82. The Morgan fingerprint density at radius 3 is 2.50 bits per heavy atom. The maximum atomic E-state index is 6.08. The number of benzene rings is 2. The second-order valence-electron chi connectivity index (χ2n) is 8.79. The van der Waals surface area contributed by atoms with E-state index in [1.165, 1.54) is 5.69 Å². The second kappa shape index (κ2) is 10.2. The number of anilines is 1. The normalized spacial score (nSPS) is 15.4. The molecule has 0 amide bonds. The molecule has 6 heteroatoms. The molecule has 0 radical (unpaired) electrons. The zero-order valence-electron chi connectivity index (χ0n) is 19.9. The first-order valence-corrected chi connectivity index (χ1v) is 12.0. The van der Waals surface area contributed by atoms with Crippen LogP contribution in [0.4, 0.5) is 5.69 Å². The Balaban J connectivity index is 1.11. The maximum Gasteiger partial charge on any atom is 0.144 e. The smallest absolute Gasteiger partial charge is 0.144 e. The summed E-state index contributed by atoms with van der Waals surface area (Å²) in [5.74, 6) is 1.86. The topological polar surface area (TPSA) is 42.2 Å². The highest BCUT2D eigenvalue weighted by atomic mass is 16.5. The molecule has 6 nitrogen and oxygen atoms in total. The first-order valence-electron chi connectivity index (χ1n) is 12.0. The van der Waals surface area contributed by atoms with Gasteiger partial charge in [0.05, 0.1) is 19.4 Å². The standard InChI is InChI=1S/C28H32N4O2/c1-22(30-17-19-31(20-18-30)26-7-3-4-8-27(26)33-2)13-21-34-24-11-9-23(10-12-24)25-6-5-15-32-16-14-29-28(25)32/h3-12,14-16,22H,13,17-21H2,1-2H3. The molecular weight excluding hydrogens is 424 g/mol. The average molecular weight is 457 g/mol. The molecule has 0 saturated carbocycles. The summed E-state index contributed by atoms with van der Waals surface area (Å²) < 4.78 is 13.7. The van der Waals surface area contributed by atoms with Crippen molar-refractivity contribution in [2.75, 3.05) is 44.8 Å². The lowest BCUT2D eigenvalue weighted by Crippen LogP contribution is -2.50. The summed E-state index contributed by atoms with van der Waals surface area (Å²) in [5, 5.41) is 0. The molecule has 0 N–H and O–H groups in total. The Bertz CT molecular complexity index is 1210. The average Bonchev–Trinajstić information content (AvgIpc) is 3.38. The van der Waals surface area contributed by atoms with Crippen LogP contribution in [0, 0.1) is 0 Å². The lowest BCUT2D eigenvalue weighted by Gasteiger charge is -2.39. The molecule has 0 bridgehead atoms. The lowest BCUT2D eigenvalue weighted by atomic mass is 10.1. The molecule has 0 aliphatic carbocycles. The number of hydrogen-bond acceptors (Lipinski definition) is 5. The minimum absolute atomic E-state index is 0.483. The molecule has 3 heterocycles. The Morgan fingerprint density at radius 2 is 1.71 bits per heavy atom. The number of hydrogen-bond donors (Lipinski definition) is 0. The van der Waals surface area contributed by atoms with Crippen LogP contribution in [-0.4, -0.2) is 60.2 Å². The van der Waals surface area contributed by atoms with Crippen LogP contribution in [-0.2, 0) is 0 Å². The highest BCUT2D eigenvalue weighted by Gasteiger charge is 2.22. The van der Waals surface area contributed by atoms with Crippen LogP contribution >= 0.6 is 0 Å². The Labute approximate surface area is 201 Å². The van der Waals surface area contributed by atoms with Crippen LogP contribution in [0.25, 0.3) is 16.8 Å². The van der Waals surface area contributed by atoms with E-state index in [1.54, 1.807) is 7.11 Å². The third kappa shape index (κ3) is 4.73. The molecular formula is C28H32N4O2. The number of aromatic nitrogens is 2. The molecule has 1 atom stereocenters. The lowest BCUT2D eigenvalue weighted by molar-refractivity contribution is 0.166. The van der Waals surface area contributed by atoms with Crippen LogP contribution < -0.4 is 14.4 Å². The summed E-state index contributed by atoms with van der Waals surface area (Å²) in [7, 11) is 1.74. The van der Waals surface area contributed by atoms with Gasteiger partial charge >= 0.3 is 0 Å². The highest BCUT2D eigenvalue weighted by molar-refractivity contribution is 5.77. The predicted octanol–water partition coefficient (Wildman–Crippen LogP) is 4.99. The molecule has 0 spiro atoms. The van der Waals surface area contributed by atoms with Gasteiger partial charge in [-0.3, -0.25) is 4.90 Å². The number of nitrogens with zero attached hydrogens (tertiary/aromatic N) is 4. The Morgan fingerprint density at radius 1 is 0.912 bits per heavy atom. The molecule has 1 saturated heterocycles. The van der Waals surface area contributed by atoms with Crippen molar-refractivity contribution in [3.8, 4) is 22.6 Å². The van der Waals surface area contributed by atoms with Gasteiger partial charge in [0.25, 0.3) is 0 Å². The van der Waals surface area contributed by atoms with E-state index < -0.39 is 0 Å². The minimum atomic E-state index is 0.483. The van der Waals surface area contributed by atoms with Crippen molar-refractivity contribution in [2.24, 2.45) is 0 Å². The second-order valence-corrected chi connectivity index (χ2v) is 8.79. The third-order valence-electron chi connectivity index (χ3n) is 6.75. The predicted molar refractivity (Wildman–Crippen MR) is 137 cm³/mol. The Hall–Kier alpha value is -3.51. The molecule has 5 rings (SSSR count). The largest absolute Gasteiger partial charge is 0.495 e. The highest BCUT2D eigenvalue weighted by Crippen LogP contribution is 2.29. The molecule has 2 aromatic heterocycles. The first-order chi connectivity index (χ1) is 16.7. The van der Waals surface area contributed by atoms with Crippen molar-refractivity contribution >= 4 is 11.3 Å². The van der Waals surface area contributed by atoms with Crippen LogP contribution in [0.15, 0.2) is 79.3 Å². The minimum Gasteiger partial charge on any atom is -0.495 e. The van der Waals surface area contributed by atoms with Gasteiger partial charge in [-0.05, 0) is 55.3 Å². The summed E-state index contributed by atoms with van der Waals surface area (Å²) in [4.78, 5) is 9.46. The van der Waals surface area contributed by atoms with Crippen molar-refractivity contribution in [2.45, 2.75) is 19.4 Å². The molecule has 34 heavy (non-hydrogen) atoms. The number of pyridine rings is 1. The maximum absolute atomic E-state index is 6.08. The fourth-order valence-electron chi connectivity index (χ4n) is 4.73. The number of methoxy groups -OCH3 is 1. The number of para-hydroxylation sites is 2. The van der Waals surface area contributed by atoms with E-state index in [9.17, 15) is 0 Å². The summed E-state index contributed by atoms with van der Waals surface area (Å²) >= 11 is 0. The zero-order valence-corrected chi connectivity index (χ0v) is 19.9. The third-order valence-corrected chi connectivity index (χ3v) is 6.75. The summed E-state index contributed by atoms with van der Waals surface area (Å²) in [6.45, 7) is 7.13. The van der Waals surface area contributed by atoms with Crippen LogP contribution in [0.3, 0.4) is 0 Å². The van der Waals surface area contributed by atoms with Gasteiger partial charge in [0.15, 0.2) is 0 Å². The fraction of sp³-hybridized carbons (Fsp3) is 0.321. The van der Waals surface area contributed by atoms with Crippen molar-refractivity contribution in [1.82, 2.24) is 14.3 Å². The van der Waals surface area contributed by atoms with Crippen LogP contribution in [0.5, 0.6) is 11.5 Å². The number of rotatable bonds is 8. The SMILES string of the molecule is COc1ccccc1N1CCN(C(C)CCOc2ccc(-c3cccn4ccnc34)cc2)CC1. The van der Waals surface area contributed by atoms with E-state index in [1.807, 2.05) is 41.2 Å².